The summed E-state index contributed by atoms with van der Waals surface area (Å²) in [7, 11) is -2.78. The van der Waals surface area contributed by atoms with E-state index in [2.05, 4.69) is 247 Å². The van der Waals surface area contributed by atoms with Crippen LogP contribution in [0.2, 0.25) is 0 Å². The summed E-state index contributed by atoms with van der Waals surface area (Å²) in [5, 5.41) is 5.93. The van der Waals surface area contributed by atoms with E-state index in [4.69, 9.17) is 4.74 Å². The molecule has 68 heavy (non-hydrogen) atoms. The van der Waals surface area contributed by atoms with Crippen LogP contribution in [-0.2, 0) is 5.41 Å². The van der Waals surface area contributed by atoms with Crippen LogP contribution >= 0.6 is 0 Å². The summed E-state index contributed by atoms with van der Waals surface area (Å²) in [6.07, 6.45) is 0. The number of anilines is 3. The molecule has 2 spiro atoms. The zero-order valence-electron chi connectivity index (χ0n) is 39.7. The average molecular weight is 892 g/mol. The molecule has 2 nitrogen and oxygen atoms in total. The second-order valence-electron chi connectivity index (χ2n) is 20.4. The number of rotatable bonds is 5. The molecule has 0 unspecified atom stereocenters. The molecule has 9 aromatic carbocycles. The van der Waals surface area contributed by atoms with Crippen LogP contribution in [0.1, 0.15) is 98.2 Å². The summed E-state index contributed by atoms with van der Waals surface area (Å²) in [6.45, 7) is 14.1. The molecule has 13 rings (SSSR count). The molecule has 4 aliphatic heterocycles. The van der Waals surface area contributed by atoms with Gasteiger partial charge >= 0.3 is 0 Å². The lowest BCUT2D eigenvalue weighted by molar-refractivity contribution is 0.487. The van der Waals surface area contributed by atoms with Gasteiger partial charge in [0.15, 0.2) is 8.07 Å². The van der Waals surface area contributed by atoms with Gasteiger partial charge in [-0.15, -0.1) is 0 Å². The van der Waals surface area contributed by atoms with Gasteiger partial charge < -0.3 is 9.64 Å². The Labute approximate surface area is 403 Å². The molecule has 0 bridgehead atoms. The van der Waals surface area contributed by atoms with Crippen LogP contribution in [0.4, 0.5) is 17.1 Å². The number of ether oxygens (including phenoxy) is 1. The third-order valence-corrected chi connectivity index (χ3v) is 21.0. The smallest absolute Gasteiger partial charge is 0.251 e. The lowest BCUT2D eigenvalue weighted by Crippen LogP contribution is -2.78. The Morgan fingerprint density at radius 2 is 0.882 bits per heavy atom. The Morgan fingerprint density at radius 1 is 0.426 bits per heavy atom. The molecule has 9 aromatic rings. The van der Waals surface area contributed by atoms with E-state index in [9.17, 15) is 0 Å². The van der Waals surface area contributed by atoms with Crippen molar-refractivity contribution in [2.75, 3.05) is 4.90 Å². The van der Waals surface area contributed by atoms with Crippen molar-refractivity contribution in [2.24, 2.45) is 0 Å². The van der Waals surface area contributed by atoms with Crippen LogP contribution < -0.4 is 46.8 Å². The van der Waals surface area contributed by atoms with Crippen LogP contribution in [0, 0.1) is 0 Å². The highest BCUT2D eigenvalue weighted by Crippen LogP contribution is 2.59. The first-order valence-electron chi connectivity index (χ1n) is 24.7. The van der Waals surface area contributed by atoms with E-state index in [1.54, 1.807) is 0 Å². The maximum atomic E-state index is 7.09. The fourth-order valence-electron chi connectivity index (χ4n) is 13.2. The fraction of sp³-hybridized carbons (Fsp3) is 0.156. The minimum atomic E-state index is -2.78. The molecular weight excluding hydrogens is 838 g/mol. The van der Waals surface area contributed by atoms with Crippen LogP contribution in [0.3, 0.4) is 0 Å². The molecule has 4 aliphatic rings. The standard InChI is InChI=1S/C64H54BNOSi/c1-40(2)43-37-47(41(3)4)63(48(38-43)42(5)6)65-53-27-13-16-30-57(53)67-58-39-44(35-36-54(58)65)66-55-28-14-9-23-49(55)64(50-24-10-15-29-56(50)66)51-25-11-19-33-61(51)68(62-34-20-12-26-52(62)64)59-31-17-7-21-45(59)46-22-8-18-32-60(46)68/h7-42H,1-6H3. The van der Waals surface area contributed by atoms with Gasteiger partial charge in [-0.25, -0.2) is 0 Å². The SMILES string of the molecule is CC(C)c1cc(C(C)C)c(B2c3ccccc3Oc3cc(N4c5ccccc5C5(c6ccccc64)c4ccccc4[Si]4(c6ccccc6-c6ccccc64)c4ccccc45)ccc32)c(C(C)C)c1. The molecular formula is C64H54BNOSi. The first-order chi connectivity index (χ1) is 33.2. The maximum Gasteiger partial charge on any atom is 0.251 e. The quantitative estimate of drug-likeness (QED) is 0.160. The largest absolute Gasteiger partial charge is 0.458 e. The van der Waals surface area contributed by atoms with Crippen LogP contribution in [0.5, 0.6) is 11.5 Å². The molecule has 0 saturated carbocycles. The lowest BCUT2D eigenvalue weighted by atomic mass is 9.34. The highest BCUT2D eigenvalue weighted by Gasteiger charge is 2.60. The fourth-order valence-corrected chi connectivity index (χ4v) is 18.9. The van der Waals surface area contributed by atoms with Gasteiger partial charge in [-0.3, -0.25) is 0 Å². The Kier molecular flexibility index (Phi) is 9.18. The minimum Gasteiger partial charge on any atom is -0.458 e. The molecule has 0 atom stereocenters. The van der Waals surface area contributed by atoms with E-state index in [1.807, 2.05) is 0 Å². The van der Waals surface area contributed by atoms with Crippen LogP contribution in [0.25, 0.3) is 11.1 Å². The first-order valence-corrected chi connectivity index (χ1v) is 26.7. The summed E-state index contributed by atoms with van der Waals surface area (Å²) in [5.41, 5.74) is 19.1. The van der Waals surface area contributed by atoms with Crippen molar-refractivity contribution in [3.8, 4) is 22.6 Å². The van der Waals surface area contributed by atoms with Crippen molar-refractivity contribution >= 4 is 69.0 Å². The van der Waals surface area contributed by atoms with E-state index in [1.165, 1.54) is 98.6 Å². The summed E-state index contributed by atoms with van der Waals surface area (Å²) >= 11 is 0. The number of fused-ring (bicyclic) bond motifs is 17. The van der Waals surface area contributed by atoms with Gasteiger partial charge in [0.25, 0.3) is 6.71 Å². The topological polar surface area (TPSA) is 12.5 Å². The lowest BCUT2D eigenvalue weighted by Gasteiger charge is -2.52. The summed E-state index contributed by atoms with van der Waals surface area (Å²) in [5.74, 6) is 3.01. The second-order valence-corrected chi connectivity index (χ2v) is 24.1. The maximum absolute atomic E-state index is 7.09. The summed E-state index contributed by atoms with van der Waals surface area (Å²) in [6, 6.07) is 76.8. The van der Waals surface area contributed by atoms with Crippen molar-refractivity contribution in [2.45, 2.75) is 64.7 Å². The molecule has 328 valence electrons. The van der Waals surface area contributed by atoms with Gasteiger partial charge in [0.2, 0.25) is 0 Å². The Balaban J connectivity index is 1.05. The average Bonchev–Trinajstić information content (AvgIpc) is 3.67. The molecule has 0 saturated heterocycles. The number of para-hydroxylation sites is 3. The Bertz CT molecular complexity index is 3360. The van der Waals surface area contributed by atoms with Gasteiger partial charge in [-0.05, 0) is 124 Å². The predicted molar refractivity (Wildman–Crippen MR) is 289 cm³/mol. The third kappa shape index (κ3) is 5.41. The van der Waals surface area contributed by atoms with E-state index in [0.29, 0.717) is 17.8 Å². The first kappa shape index (κ1) is 41.1. The molecule has 0 N–H and O–H groups in total. The monoisotopic (exact) mass is 891 g/mol. The molecule has 4 heterocycles. The number of nitrogens with zero attached hydrogens (tertiary/aromatic N) is 1. The van der Waals surface area contributed by atoms with Crippen molar-refractivity contribution < 1.29 is 4.74 Å². The zero-order chi connectivity index (χ0) is 46.1. The summed E-state index contributed by atoms with van der Waals surface area (Å²) in [4.78, 5) is 2.51. The van der Waals surface area contributed by atoms with E-state index in [-0.39, 0.29) is 6.71 Å². The van der Waals surface area contributed by atoms with Gasteiger partial charge in [0.1, 0.15) is 11.5 Å². The molecule has 0 fully saturated rings. The molecule has 0 amide bonds. The molecule has 0 radical (unpaired) electrons. The Morgan fingerprint density at radius 3 is 1.43 bits per heavy atom. The Hall–Kier alpha value is -7.14. The van der Waals surface area contributed by atoms with E-state index < -0.39 is 13.5 Å². The number of benzene rings is 9. The zero-order valence-corrected chi connectivity index (χ0v) is 40.7. The van der Waals surface area contributed by atoms with Gasteiger partial charge in [-0.1, -0.05) is 217 Å². The van der Waals surface area contributed by atoms with Crippen molar-refractivity contribution in [1.82, 2.24) is 0 Å². The molecule has 0 aliphatic carbocycles. The minimum absolute atomic E-state index is 0.0294. The van der Waals surface area contributed by atoms with Crippen molar-refractivity contribution in [3.05, 3.63) is 239 Å². The highest BCUT2D eigenvalue weighted by molar-refractivity contribution is 7.22. The molecule has 4 heteroatoms. The van der Waals surface area contributed by atoms with Gasteiger partial charge in [-0.2, -0.15) is 0 Å². The van der Waals surface area contributed by atoms with Gasteiger partial charge in [0.05, 0.1) is 16.8 Å². The van der Waals surface area contributed by atoms with E-state index in [0.717, 1.165) is 17.2 Å². The predicted octanol–water partition coefficient (Wildman–Crippen LogP) is 11.5. The normalized spacial score (nSPS) is 15.0. The third-order valence-electron chi connectivity index (χ3n) is 16.0. The summed E-state index contributed by atoms with van der Waals surface area (Å²) < 4.78 is 7.09. The number of hydrogen-bond acceptors (Lipinski definition) is 2. The van der Waals surface area contributed by atoms with Crippen LogP contribution in [-0.4, -0.2) is 14.8 Å². The molecule has 0 aromatic heterocycles. The van der Waals surface area contributed by atoms with Crippen molar-refractivity contribution in [3.63, 3.8) is 0 Å². The highest BCUT2D eigenvalue weighted by atomic mass is 28.3. The number of hydrogen-bond donors (Lipinski definition) is 0. The second kappa shape index (κ2) is 15.2. The van der Waals surface area contributed by atoms with Crippen LogP contribution in [0.15, 0.2) is 200 Å². The van der Waals surface area contributed by atoms with Gasteiger partial charge in [0, 0.05) is 11.8 Å². The van der Waals surface area contributed by atoms with Crippen molar-refractivity contribution in [1.29, 1.82) is 0 Å². The van der Waals surface area contributed by atoms with E-state index >= 15 is 0 Å².